The average Bonchev–Trinajstić information content (AvgIpc) is 3.59. The van der Waals surface area contributed by atoms with Crippen LogP contribution >= 0.6 is 0 Å². The van der Waals surface area contributed by atoms with Crippen molar-refractivity contribution < 1.29 is 14.3 Å². The van der Waals surface area contributed by atoms with Gasteiger partial charge in [0.2, 0.25) is 6.79 Å². The van der Waals surface area contributed by atoms with Crippen LogP contribution in [0.3, 0.4) is 0 Å². The summed E-state index contributed by atoms with van der Waals surface area (Å²) in [6, 6.07) is 24.1. The number of aromatic nitrogens is 3. The molecular weight excluding hydrogens is 464 g/mol. The van der Waals surface area contributed by atoms with E-state index in [0.717, 1.165) is 33.0 Å². The summed E-state index contributed by atoms with van der Waals surface area (Å²) in [5.41, 5.74) is 5.45. The third kappa shape index (κ3) is 3.73. The van der Waals surface area contributed by atoms with Gasteiger partial charge in [0, 0.05) is 35.1 Å². The van der Waals surface area contributed by atoms with E-state index in [1.54, 1.807) is 18.6 Å². The van der Waals surface area contributed by atoms with Gasteiger partial charge in [-0.2, -0.15) is 0 Å². The van der Waals surface area contributed by atoms with E-state index in [9.17, 15) is 4.79 Å². The Kier molecular flexibility index (Phi) is 4.85. The number of carbonyl (C=O) groups is 1. The van der Waals surface area contributed by atoms with E-state index in [1.165, 1.54) is 5.39 Å². The molecule has 3 aromatic carbocycles. The number of amides is 1. The summed E-state index contributed by atoms with van der Waals surface area (Å²) in [6.07, 6.45) is 6.85. The van der Waals surface area contributed by atoms with Crippen LogP contribution in [0.15, 0.2) is 97.6 Å². The largest absolute Gasteiger partial charge is 0.454 e. The minimum absolute atomic E-state index is 0.203. The van der Waals surface area contributed by atoms with E-state index in [0.29, 0.717) is 28.4 Å². The topological polar surface area (TPSA) is 89.1 Å². The number of aromatic amines is 1. The van der Waals surface area contributed by atoms with E-state index in [4.69, 9.17) is 9.47 Å². The van der Waals surface area contributed by atoms with Crippen molar-refractivity contribution in [1.29, 1.82) is 0 Å². The highest BCUT2D eigenvalue weighted by molar-refractivity contribution is 6.13. The molecule has 0 bridgehead atoms. The summed E-state index contributed by atoms with van der Waals surface area (Å²) >= 11 is 0. The molecule has 3 aromatic heterocycles. The van der Waals surface area contributed by atoms with Crippen LogP contribution in [0, 0.1) is 0 Å². The Bertz CT molecular complexity index is 1830. The number of anilines is 1. The number of pyridine rings is 2. The van der Waals surface area contributed by atoms with Crippen LogP contribution in [0.4, 0.5) is 5.69 Å². The quantitative estimate of drug-likeness (QED) is 0.301. The highest BCUT2D eigenvalue weighted by Gasteiger charge is 2.18. The van der Waals surface area contributed by atoms with Gasteiger partial charge in [0.25, 0.3) is 5.91 Å². The van der Waals surface area contributed by atoms with Crippen LogP contribution in [-0.4, -0.2) is 27.7 Å². The molecule has 0 fully saturated rings. The lowest BCUT2D eigenvalue weighted by molar-refractivity contribution is 0.102. The summed E-state index contributed by atoms with van der Waals surface area (Å²) in [5.74, 6) is 1.13. The maximum atomic E-state index is 13.5. The van der Waals surface area contributed by atoms with E-state index >= 15 is 0 Å². The number of carbonyl (C=O) groups excluding carboxylic acids is 1. The van der Waals surface area contributed by atoms with Gasteiger partial charge in [-0.1, -0.05) is 42.5 Å². The number of fused-ring (bicyclic) bond motifs is 3. The van der Waals surface area contributed by atoms with Crippen LogP contribution in [-0.2, 0) is 0 Å². The molecule has 7 nitrogen and oxygen atoms in total. The number of H-pyrrole nitrogens is 1. The van der Waals surface area contributed by atoms with Crippen molar-refractivity contribution in [2.45, 2.75) is 0 Å². The Morgan fingerprint density at radius 1 is 0.838 bits per heavy atom. The Morgan fingerprint density at radius 3 is 2.65 bits per heavy atom. The second-order valence-electron chi connectivity index (χ2n) is 8.83. The standard InChI is InChI=1S/C30H20N4O3/c35-30(34-26-16-31-10-9-23(26)21-7-8-27-28(13-21)37-17-36-27)25-15-33-29-24(25)12-22(14-32-29)20-6-5-18-3-1-2-4-19(18)11-20/h1-16H,17H2,(H,32,33)(H,34,35). The van der Waals surface area contributed by atoms with Crippen molar-refractivity contribution in [2.75, 3.05) is 12.1 Å². The molecule has 0 atom stereocenters. The number of nitrogens with one attached hydrogen (secondary N) is 2. The van der Waals surface area contributed by atoms with Gasteiger partial charge in [0.1, 0.15) is 5.65 Å². The zero-order chi connectivity index (χ0) is 24.8. The Hall–Kier alpha value is -5.17. The zero-order valence-electron chi connectivity index (χ0n) is 19.6. The fourth-order valence-corrected chi connectivity index (χ4v) is 4.72. The van der Waals surface area contributed by atoms with Crippen LogP contribution in [0.2, 0.25) is 0 Å². The molecule has 4 heterocycles. The molecule has 37 heavy (non-hydrogen) atoms. The normalized spacial score (nSPS) is 12.2. The SMILES string of the molecule is O=C(Nc1cnccc1-c1ccc2c(c1)OCO2)c1c[nH]c2ncc(-c3ccc4ccccc4c3)cc12. The predicted octanol–water partition coefficient (Wildman–Crippen LogP) is 6.43. The Morgan fingerprint density at radius 2 is 1.70 bits per heavy atom. The van der Waals surface area contributed by atoms with Crippen LogP contribution in [0.25, 0.3) is 44.1 Å². The molecule has 1 amide bonds. The minimum atomic E-state index is -0.251. The van der Waals surface area contributed by atoms with E-state index in [-0.39, 0.29) is 12.7 Å². The molecular formula is C30H20N4O3. The van der Waals surface area contributed by atoms with Gasteiger partial charge >= 0.3 is 0 Å². The van der Waals surface area contributed by atoms with Gasteiger partial charge in [-0.25, -0.2) is 4.98 Å². The number of ether oxygens (including phenoxy) is 2. The van der Waals surface area contributed by atoms with Crippen molar-refractivity contribution in [3.8, 4) is 33.8 Å². The second kappa shape index (κ2) is 8.49. The first-order valence-electron chi connectivity index (χ1n) is 11.8. The Labute approximate surface area is 211 Å². The molecule has 0 saturated heterocycles. The highest BCUT2D eigenvalue weighted by atomic mass is 16.7. The van der Waals surface area contributed by atoms with Crippen LogP contribution < -0.4 is 14.8 Å². The molecule has 2 N–H and O–H groups in total. The lowest BCUT2D eigenvalue weighted by Crippen LogP contribution is -2.12. The summed E-state index contributed by atoms with van der Waals surface area (Å²) in [5, 5.41) is 6.11. The first-order valence-corrected chi connectivity index (χ1v) is 11.8. The fraction of sp³-hybridized carbons (Fsp3) is 0.0333. The van der Waals surface area contributed by atoms with Crippen LogP contribution in [0.5, 0.6) is 11.5 Å². The molecule has 178 valence electrons. The van der Waals surface area contributed by atoms with Gasteiger partial charge in [0.05, 0.1) is 17.4 Å². The van der Waals surface area contributed by atoms with Crippen molar-refractivity contribution in [3.63, 3.8) is 0 Å². The summed E-state index contributed by atoms with van der Waals surface area (Å²) in [6.45, 7) is 0.203. The average molecular weight is 485 g/mol. The lowest BCUT2D eigenvalue weighted by Gasteiger charge is -2.11. The molecule has 1 aliphatic heterocycles. The second-order valence-corrected chi connectivity index (χ2v) is 8.83. The van der Waals surface area contributed by atoms with Crippen LogP contribution in [0.1, 0.15) is 10.4 Å². The zero-order valence-corrected chi connectivity index (χ0v) is 19.6. The van der Waals surface area contributed by atoms with Gasteiger partial charge in [-0.3, -0.25) is 9.78 Å². The van der Waals surface area contributed by atoms with Crippen molar-refractivity contribution in [1.82, 2.24) is 15.0 Å². The van der Waals surface area contributed by atoms with E-state index in [1.807, 2.05) is 48.7 Å². The highest BCUT2D eigenvalue weighted by Crippen LogP contribution is 2.38. The first-order chi connectivity index (χ1) is 18.2. The van der Waals surface area contributed by atoms with E-state index < -0.39 is 0 Å². The molecule has 7 rings (SSSR count). The molecule has 0 radical (unpaired) electrons. The number of hydrogen-bond donors (Lipinski definition) is 2. The number of nitrogens with zero attached hydrogens (tertiary/aromatic N) is 2. The molecule has 0 aliphatic carbocycles. The first kappa shape index (κ1) is 21.1. The smallest absolute Gasteiger partial charge is 0.257 e. The van der Waals surface area contributed by atoms with Gasteiger partial charge in [-0.15, -0.1) is 0 Å². The molecule has 7 heteroatoms. The third-order valence-corrected chi connectivity index (χ3v) is 6.61. The van der Waals surface area contributed by atoms with Crippen molar-refractivity contribution in [3.05, 3.63) is 103 Å². The lowest BCUT2D eigenvalue weighted by atomic mass is 10.0. The number of benzene rings is 3. The summed E-state index contributed by atoms with van der Waals surface area (Å²) < 4.78 is 10.9. The molecule has 0 saturated carbocycles. The van der Waals surface area contributed by atoms with Gasteiger partial charge < -0.3 is 19.8 Å². The monoisotopic (exact) mass is 484 g/mol. The molecule has 0 unspecified atom stereocenters. The predicted molar refractivity (Wildman–Crippen MR) is 143 cm³/mol. The van der Waals surface area contributed by atoms with Crippen molar-refractivity contribution >= 4 is 33.4 Å². The molecule has 1 aliphatic rings. The summed E-state index contributed by atoms with van der Waals surface area (Å²) in [7, 11) is 0. The third-order valence-electron chi connectivity index (χ3n) is 6.61. The fourth-order valence-electron chi connectivity index (χ4n) is 4.72. The Balaban J connectivity index is 1.23. The molecule has 6 aromatic rings. The maximum Gasteiger partial charge on any atom is 0.257 e. The summed E-state index contributed by atoms with van der Waals surface area (Å²) in [4.78, 5) is 25.4. The minimum Gasteiger partial charge on any atom is -0.454 e. The van der Waals surface area contributed by atoms with Gasteiger partial charge in [0.15, 0.2) is 11.5 Å². The maximum absolute atomic E-state index is 13.5. The number of rotatable bonds is 4. The van der Waals surface area contributed by atoms with E-state index in [2.05, 4.69) is 50.6 Å². The van der Waals surface area contributed by atoms with Crippen molar-refractivity contribution in [2.24, 2.45) is 0 Å². The molecule has 0 spiro atoms. The number of hydrogen-bond acceptors (Lipinski definition) is 5. The van der Waals surface area contributed by atoms with Gasteiger partial charge in [-0.05, 0) is 52.2 Å².